The first kappa shape index (κ1) is 16.8. The standard InChI is InChI=1S/C22H17NO4/c1-25-16-11-10-15(20(13-16)26-2)12-19-22(24)27-21(23-19)18-9-5-7-14-6-3-4-8-17(14)18/h3-13H,1-2H3. The van der Waals surface area contributed by atoms with Gasteiger partial charge in [0.15, 0.2) is 5.70 Å². The van der Waals surface area contributed by atoms with Crippen molar-refractivity contribution >= 4 is 28.7 Å². The molecule has 4 rings (SSSR count). The van der Waals surface area contributed by atoms with Crippen LogP contribution in [0.2, 0.25) is 0 Å². The molecule has 1 aliphatic heterocycles. The van der Waals surface area contributed by atoms with Gasteiger partial charge in [0.1, 0.15) is 11.5 Å². The summed E-state index contributed by atoms with van der Waals surface area (Å²) in [7, 11) is 3.15. The second kappa shape index (κ2) is 6.96. The number of hydrogen-bond acceptors (Lipinski definition) is 5. The molecular weight excluding hydrogens is 342 g/mol. The number of esters is 1. The number of fused-ring (bicyclic) bond motifs is 1. The first-order chi connectivity index (χ1) is 13.2. The summed E-state index contributed by atoms with van der Waals surface area (Å²) in [5.41, 5.74) is 1.72. The van der Waals surface area contributed by atoms with Crippen molar-refractivity contribution in [2.45, 2.75) is 0 Å². The molecule has 0 bridgehead atoms. The number of hydrogen-bond donors (Lipinski definition) is 0. The molecule has 0 unspecified atom stereocenters. The normalized spacial score (nSPS) is 15.0. The van der Waals surface area contributed by atoms with Crippen LogP contribution in [-0.4, -0.2) is 26.1 Å². The molecule has 5 nitrogen and oxygen atoms in total. The average Bonchev–Trinajstić information content (AvgIpc) is 3.08. The van der Waals surface area contributed by atoms with E-state index in [-0.39, 0.29) is 5.70 Å². The van der Waals surface area contributed by atoms with Crippen LogP contribution in [-0.2, 0) is 9.53 Å². The van der Waals surface area contributed by atoms with Gasteiger partial charge in [-0.2, -0.15) is 0 Å². The fraction of sp³-hybridized carbons (Fsp3) is 0.0909. The third-order valence-electron chi connectivity index (χ3n) is 4.37. The number of ether oxygens (including phenoxy) is 3. The van der Waals surface area contributed by atoms with Crippen molar-refractivity contribution in [3.63, 3.8) is 0 Å². The zero-order valence-electron chi connectivity index (χ0n) is 14.9. The van der Waals surface area contributed by atoms with Crippen molar-refractivity contribution in [3.05, 3.63) is 77.5 Å². The molecule has 0 N–H and O–H groups in total. The number of nitrogens with zero attached hydrogens (tertiary/aromatic N) is 1. The minimum Gasteiger partial charge on any atom is -0.497 e. The van der Waals surface area contributed by atoms with E-state index in [1.807, 2.05) is 48.5 Å². The molecule has 1 heterocycles. The summed E-state index contributed by atoms with van der Waals surface area (Å²) in [5, 5.41) is 2.04. The van der Waals surface area contributed by atoms with E-state index in [9.17, 15) is 4.79 Å². The molecule has 3 aromatic carbocycles. The number of methoxy groups -OCH3 is 2. The van der Waals surface area contributed by atoms with Gasteiger partial charge >= 0.3 is 5.97 Å². The van der Waals surface area contributed by atoms with Crippen LogP contribution >= 0.6 is 0 Å². The fourth-order valence-corrected chi connectivity index (χ4v) is 3.02. The number of cyclic esters (lactones) is 1. The van der Waals surface area contributed by atoms with Crippen molar-refractivity contribution in [1.82, 2.24) is 0 Å². The Hall–Kier alpha value is -3.60. The van der Waals surface area contributed by atoms with Gasteiger partial charge < -0.3 is 14.2 Å². The van der Waals surface area contributed by atoms with Crippen molar-refractivity contribution < 1.29 is 19.0 Å². The van der Waals surface area contributed by atoms with E-state index < -0.39 is 5.97 Å². The molecule has 5 heteroatoms. The Kier molecular flexibility index (Phi) is 4.34. The molecule has 3 aromatic rings. The molecule has 0 saturated heterocycles. The van der Waals surface area contributed by atoms with Crippen molar-refractivity contribution in [2.24, 2.45) is 4.99 Å². The molecular formula is C22H17NO4. The lowest BCUT2D eigenvalue weighted by Gasteiger charge is -2.07. The third-order valence-corrected chi connectivity index (χ3v) is 4.37. The first-order valence-electron chi connectivity index (χ1n) is 8.42. The highest BCUT2D eigenvalue weighted by Crippen LogP contribution is 2.29. The van der Waals surface area contributed by atoms with Crippen LogP contribution in [0.1, 0.15) is 11.1 Å². The molecule has 27 heavy (non-hydrogen) atoms. The van der Waals surface area contributed by atoms with E-state index in [0.717, 1.165) is 16.3 Å². The second-order valence-electron chi connectivity index (χ2n) is 5.97. The summed E-state index contributed by atoms with van der Waals surface area (Å²) in [6.07, 6.45) is 1.65. The van der Waals surface area contributed by atoms with Crippen LogP contribution < -0.4 is 9.47 Å². The summed E-state index contributed by atoms with van der Waals surface area (Å²) >= 11 is 0. The molecule has 134 valence electrons. The lowest BCUT2D eigenvalue weighted by molar-refractivity contribution is -0.129. The Labute approximate surface area is 156 Å². The highest BCUT2D eigenvalue weighted by atomic mass is 16.6. The Morgan fingerprint density at radius 2 is 1.78 bits per heavy atom. The summed E-state index contributed by atoms with van der Waals surface area (Å²) in [6, 6.07) is 19.1. The van der Waals surface area contributed by atoms with Crippen LogP contribution in [0.5, 0.6) is 11.5 Å². The first-order valence-corrected chi connectivity index (χ1v) is 8.42. The van der Waals surface area contributed by atoms with Crippen LogP contribution in [0, 0.1) is 0 Å². The number of carbonyl (C=O) groups excluding carboxylic acids is 1. The highest BCUT2D eigenvalue weighted by Gasteiger charge is 2.25. The molecule has 0 radical (unpaired) electrons. The van der Waals surface area contributed by atoms with Crippen molar-refractivity contribution in [2.75, 3.05) is 14.2 Å². The van der Waals surface area contributed by atoms with E-state index in [1.165, 1.54) is 0 Å². The van der Waals surface area contributed by atoms with Gasteiger partial charge in [-0.25, -0.2) is 9.79 Å². The zero-order valence-corrected chi connectivity index (χ0v) is 14.9. The van der Waals surface area contributed by atoms with E-state index >= 15 is 0 Å². The molecule has 0 aliphatic carbocycles. The topological polar surface area (TPSA) is 57.1 Å². The largest absolute Gasteiger partial charge is 0.497 e. The molecule has 0 amide bonds. The van der Waals surface area contributed by atoms with E-state index in [4.69, 9.17) is 14.2 Å². The van der Waals surface area contributed by atoms with E-state index in [1.54, 1.807) is 32.4 Å². The summed E-state index contributed by atoms with van der Waals surface area (Å²) in [4.78, 5) is 16.8. The predicted molar refractivity (Wildman–Crippen MR) is 104 cm³/mol. The Morgan fingerprint density at radius 1 is 0.963 bits per heavy atom. The van der Waals surface area contributed by atoms with Gasteiger partial charge in [0, 0.05) is 17.2 Å². The maximum Gasteiger partial charge on any atom is 0.363 e. The zero-order chi connectivity index (χ0) is 18.8. The fourth-order valence-electron chi connectivity index (χ4n) is 3.02. The van der Waals surface area contributed by atoms with Gasteiger partial charge in [0.2, 0.25) is 5.90 Å². The molecule has 0 saturated carbocycles. The van der Waals surface area contributed by atoms with Gasteiger partial charge in [0.05, 0.1) is 14.2 Å². The van der Waals surface area contributed by atoms with E-state index in [2.05, 4.69) is 4.99 Å². The van der Waals surface area contributed by atoms with Gasteiger partial charge in [-0.3, -0.25) is 0 Å². The number of rotatable bonds is 4. The van der Waals surface area contributed by atoms with E-state index in [0.29, 0.717) is 23.0 Å². The summed E-state index contributed by atoms with van der Waals surface area (Å²) in [6.45, 7) is 0. The molecule has 0 spiro atoms. The number of aliphatic imine (C=N–C) groups is 1. The summed E-state index contributed by atoms with van der Waals surface area (Å²) < 4.78 is 16.0. The van der Waals surface area contributed by atoms with Crippen LogP contribution in [0.25, 0.3) is 16.8 Å². The van der Waals surface area contributed by atoms with Crippen LogP contribution in [0.15, 0.2) is 71.4 Å². The van der Waals surface area contributed by atoms with Gasteiger partial charge in [-0.1, -0.05) is 36.4 Å². The quantitative estimate of drug-likeness (QED) is 0.517. The van der Waals surface area contributed by atoms with Crippen molar-refractivity contribution in [3.8, 4) is 11.5 Å². The molecule has 0 fully saturated rings. The van der Waals surface area contributed by atoms with Crippen LogP contribution in [0.4, 0.5) is 0 Å². The monoisotopic (exact) mass is 359 g/mol. The smallest absolute Gasteiger partial charge is 0.363 e. The second-order valence-corrected chi connectivity index (χ2v) is 5.97. The SMILES string of the molecule is COc1ccc(C=C2N=C(c3cccc4ccccc34)OC2=O)c(OC)c1. The molecule has 1 aliphatic rings. The number of carbonyl (C=O) groups is 1. The maximum atomic E-state index is 12.4. The highest BCUT2D eigenvalue weighted by molar-refractivity contribution is 6.17. The molecule has 0 aromatic heterocycles. The Morgan fingerprint density at radius 3 is 2.59 bits per heavy atom. The lowest BCUT2D eigenvalue weighted by Crippen LogP contribution is -2.05. The lowest BCUT2D eigenvalue weighted by atomic mass is 10.0. The van der Waals surface area contributed by atoms with Gasteiger partial charge in [-0.15, -0.1) is 0 Å². The van der Waals surface area contributed by atoms with Gasteiger partial charge in [-0.05, 0) is 35.0 Å². The maximum absolute atomic E-state index is 12.4. The van der Waals surface area contributed by atoms with Crippen molar-refractivity contribution in [1.29, 1.82) is 0 Å². The number of benzene rings is 3. The minimum atomic E-state index is -0.490. The minimum absolute atomic E-state index is 0.224. The summed E-state index contributed by atoms with van der Waals surface area (Å²) in [5.74, 6) is 1.07. The predicted octanol–water partition coefficient (Wildman–Crippen LogP) is 4.20. The van der Waals surface area contributed by atoms with Gasteiger partial charge in [0.25, 0.3) is 0 Å². The van der Waals surface area contributed by atoms with Crippen LogP contribution in [0.3, 0.4) is 0 Å². The Bertz CT molecular complexity index is 1090. The molecule has 0 atom stereocenters. The average molecular weight is 359 g/mol. The Balaban J connectivity index is 1.76. The third kappa shape index (κ3) is 3.15.